The molecular weight excluding hydrogens is 250 g/mol. The van der Waals surface area contributed by atoms with Crippen molar-refractivity contribution in [1.29, 1.82) is 0 Å². The summed E-state index contributed by atoms with van der Waals surface area (Å²) in [5.41, 5.74) is 8.29. The minimum atomic E-state index is -0.489. The van der Waals surface area contributed by atoms with Gasteiger partial charge in [-0.25, -0.2) is 0 Å². The summed E-state index contributed by atoms with van der Waals surface area (Å²) in [6, 6.07) is 7.76. The number of fused-ring (bicyclic) bond motifs is 1. The molecule has 0 aliphatic carbocycles. The maximum Gasteiger partial charge on any atom is 0.240 e. The summed E-state index contributed by atoms with van der Waals surface area (Å²) < 4.78 is 0. The van der Waals surface area contributed by atoms with Gasteiger partial charge in [0, 0.05) is 29.7 Å². The molecular formula is C16H23N3O. The second kappa shape index (κ2) is 6.09. The highest BCUT2D eigenvalue weighted by molar-refractivity contribution is 5.86. The van der Waals surface area contributed by atoms with Crippen LogP contribution in [0.5, 0.6) is 0 Å². The van der Waals surface area contributed by atoms with Crippen LogP contribution in [0.15, 0.2) is 30.5 Å². The Morgan fingerprint density at radius 3 is 2.70 bits per heavy atom. The molecule has 2 rings (SSSR count). The largest absolute Gasteiger partial charge is 0.361 e. The lowest BCUT2D eigenvalue weighted by atomic mass is 10.0. The van der Waals surface area contributed by atoms with Gasteiger partial charge in [0.2, 0.25) is 5.91 Å². The molecule has 0 saturated heterocycles. The van der Waals surface area contributed by atoms with Crippen molar-refractivity contribution in [3.05, 3.63) is 36.0 Å². The van der Waals surface area contributed by atoms with E-state index in [4.69, 9.17) is 5.73 Å². The molecule has 4 heteroatoms. The van der Waals surface area contributed by atoms with E-state index in [0.29, 0.717) is 13.0 Å². The van der Waals surface area contributed by atoms with Gasteiger partial charge in [-0.05, 0) is 38.8 Å². The van der Waals surface area contributed by atoms with Crippen molar-refractivity contribution in [2.75, 3.05) is 6.54 Å². The lowest BCUT2D eigenvalue weighted by Crippen LogP contribution is -2.47. The number of carbonyl (C=O) groups is 1. The Kier molecular flexibility index (Phi) is 4.45. The van der Waals surface area contributed by atoms with Crippen molar-refractivity contribution in [2.24, 2.45) is 5.73 Å². The van der Waals surface area contributed by atoms with E-state index in [0.717, 1.165) is 16.5 Å². The van der Waals surface area contributed by atoms with E-state index >= 15 is 0 Å². The SMILES string of the molecule is CCN(C(=O)[C@@H](N)Cc1c[nH]c2ccccc12)C(C)C. The molecule has 0 aliphatic heterocycles. The fourth-order valence-corrected chi connectivity index (χ4v) is 2.61. The number of aromatic nitrogens is 1. The Morgan fingerprint density at radius 1 is 1.35 bits per heavy atom. The molecule has 1 heterocycles. The number of amides is 1. The van der Waals surface area contributed by atoms with Crippen LogP contribution >= 0.6 is 0 Å². The van der Waals surface area contributed by atoms with E-state index in [1.807, 2.05) is 50.1 Å². The molecule has 0 radical (unpaired) electrons. The minimum Gasteiger partial charge on any atom is -0.361 e. The van der Waals surface area contributed by atoms with Gasteiger partial charge in [0.15, 0.2) is 0 Å². The fraction of sp³-hybridized carbons (Fsp3) is 0.438. The molecule has 3 N–H and O–H groups in total. The molecule has 108 valence electrons. The summed E-state index contributed by atoms with van der Waals surface area (Å²) in [6.07, 6.45) is 2.51. The number of likely N-dealkylation sites (N-methyl/N-ethyl adjacent to an activating group) is 1. The zero-order valence-corrected chi connectivity index (χ0v) is 12.4. The van der Waals surface area contributed by atoms with Crippen molar-refractivity contribution in [2.45, 2.75) is 39.3 Å². The highest BCUT2D eigenvalue weighted by Crippen LogP contribution is 2.19. The first-order valence-corrected chi connectivity index (χ1v) is 7.15. The molecule has 1 aromatic heterocycles. The Hall–Kier alpha value is -1.81. The van der Waals surface area contributed by atoms with Crippen molar-refractivity contribution < 1.29 is 4.79 Å². The predicted octanol–water partition coefficient (Wildman–Crippen LogP) is 2.29. The topological polar surface area (TPSA) is 62.1 Å². The zero-order chi connectivity index (χ0) is 14.7. The molecule has 2 aromatic rings. The summed E-state index contributed by atoms with van der Waals surface area (Å²) in [5.74, 6) is 0.0211. The summed E-state index contributed by atoms with van der Waals surface area (Å²) in [7, 11) is 0. The number of nitrogens with zero attached hydrogens (tertiary/aromatic N) is 1. The average Bonchev–Trinajstić information content (AvgIpc) is 2.82. The van der Waals surface area contributed by atoms with Gasteiger partial charge in [-0.1, -0.05) is 18.2 Å². The monoisotopic (exact) mass is 273 g/mol. The molecule has 4 nitrogen and oxygen atoms in total. The lowest BCUT2D eigenvalue weighted by Gasteiger charge is -2.28. The normalized spacial score (nSPS) is 12.8. The first kappa shape index (κ1) is 14.6. The van der Waals surface area contributed by atoms with Gasteiger partial charge in [-0.3, -0.25) is 4.79 Å². The summed E-state index contributed by atoms with van der Waals surface area (Å²) in [6.45, 7) is 6.70. The number of hydrogen-bond acceptors (Lipinski definition) is 2. The standard InChI is InChI=1S/C16H23N3O/c1-4-19(11(2)3)16(20)14(17)9-12-10-18-15-8-6-5-7-13(12)15/h5-8,10-11,14,18H,4,9,17H2,1-3H3/t14-/m0/s1. The van der Waals surface area contributed by atoms with Crippen LogP contribution < -0.4 is 5.73 Å². The van der Waals surface area contributed by atoms with E-state index in [1.54, 1.807) is 0 Å². The molecule has 0 fully saturated rings. The first-order chi connectivity index (χ1) is 9.54. The Morgan fingerprint density at radius 2 is 2.05 bits per heavy atom. The van der Waals surface area contributed by atoms with Gasteiger partial charge in [0.25, 0.3) is 0 Å². The molecule has 0 spiro atoms. The molecule has 20 heavy (non-hydrogen) atoms. The van der Waals surface area contributed by atoms with Crippen LogP contribution in [0.2, 0.25) is 0 Å². The van der Waals surface area contributed by atoms with Crippen LogP contribution in [0.3, 0.4) is 0 Å². The van der Waals surface area contributed by atoms with E-state index in [-0.39, 0.29) is 11.9 Å². The highest BCUT2D eigenvalue weighted by atomic mass is 16.2. The Labute approximate surface area is 120 Å². The van der Waals surface area contributed by atoms with Crippen LogP contribution in [0.4, 0.5) is 0 Å². The number of rotatable bonds is 5. The molecule has 1 atom stereocenters. The van der Waals surface area contributed by atoms with Crippen LogP contribution in [-0.2, 0) is 11.2 Å². The van der Waals surface area contributed by atoms with E-state index in [9.17, 15) is 4.79 Å². The van der Waals surface area contributed by atoms with Gasteiger partial charge >= 0.3 is 0 Å². The number of para-hydroxylation sites is 1. The number of aromatic amines is 1. The molecule has 0 aliphatic rings. The quantitative estimate of drug-likeness (QED) is 0.878. The summed E-state index contributed by atoms with van der Waals surface area (Å²) in [5, 5.41) is 1.14. The van der Waals surface area contributed by atoms with Gasteiger partial charge in [-0.2, -0.15) is 0 Å². The maximum absolute atomic E-state index is 12.4. The average molecular weight is 273 g/mol. The van der Waals surface area contributed by atoms with Gasteiger partial charge < -0.3 is 15.6 Å². The third-order valence-corrected chi connectivity index (χ3v) is 3.68. The summed E-state index contributed by atoms with van der Waals surface area (Å²) in [4.78, 5) is 17.4. The molecule has 0 saturated carbocycles. The van der Waals surface area contributed by atoms with Gasteiger partial charge in [-0.15, -0.1) is 0 Å². The number of H-pyrrole nitrogens is 1. The Balaban J connectivity index is 2.15. The highest BCUT2D eigenvalue weighted by Gasteiger charge is 2.22. The smallest absolute Gasteiger partial charge is 0.240 e. The molecule has 0 bridgehead atoms. The molecule has 0 unspecified atom stereocenters. The number of benzene rings is 1. The second-order valence-corrected chi connectivity index (χ2v) is 5.39. The molecule has 1 amide bonds. The van der Waals surface area contributed by atoms with Crippen LogP contribution in [0, 0.1) is 0 Å². The number of carbonyl (C=O) groups excluding carboxylic acids is 1. The maximum atomic E-state index is 12.4. The lowest BCUT2D eigenvalue weighted by molar-refractivity contribution is -0.134. The van der Waals surface area contributed by atoms with Crippen molar-refractivity contribution in [3.8, 4) is 0 Å². The number of nitrogens with two attached hydrogens (primary N) is 1. The van der Waals surface area contributed by atoms with Crippen LogP contribution in [-0.4, -0.2) is 34.4 Å². The van der Waals surface area contributed by atoms with E-state index < -0.39 is 6.04 Å². The van der Waals surface area contributed by atoms with Crippen molar-refractivity contribution >= 4 is 16.8 Å². The molecule has 1 aromatic carbocycles. The van der Waals surface area contributed by atoms with Crippen LogP contribution in [0.1, 0.15) is 26.3 Å². The fourth-order valence-electron chi connectivity index (χ4n) is 2.61. The summed E-state index contributed by atoms with van der Waals surface area (Å²) >= 11 is 0. The van der Waals surface area contributed by atoms with Crippen molar-refractivity contribution in [3.63, 3.8) is 0 Å². The minimum absolute atomic E-state index is 0.0211. The Bertz CT molecular complexity index is 588. The number of hydrogen-bond donors (Lipinski definition) is 2. The predicted molar refractivity (Wildman–Crippen MR) is 82.5 cm³/mol. The second-order valence-electron chi connectivity index (χ2n) is 5.39. The third kappa shape index (κ3) is 2.85. The van der Waals surface area contributed by atoms with Gasteiger partial charge in [0.05, 0.1) is 6.04 Å². The van der Waals surface area contributed by atoms with Crippen LogP contribution in [0.25, 0.3) is 10.9 Å². The first-order valence-electron chi connectivity index (χ1n) is 7.15. The van der Waals surface area contributed by atoms with Crippen molar-refractivity contribution in [1.82, 2.24) is 9.88 Å². The zero-order valence-electron chi connectivity index (χ0n) is 12.4. The van der Waals surface area contributed by atoms with E-state index in [2.05, 4.69) is 11.1 Å². The third-order valence-electron chi connectivity index (χ3n) is 3.68. The van der Waals surface area contributed by atoms with E-state index in [1.165, 1.54) is 0 Å². The van der Waals surface area contributed by atoms with Gasteiger partial charge in [0.1, 0.15) is 0 Å². The number of nitrogens with one attached hydrogen (secondary N) is 1.